The molecule has 0 aliphatic carbocycles. The molecular formula is C19H26F3N3O2. The van der Waals surface area contributed by atoms with Crippen LogP contribution in [0.4, 0.5) is 13.2 Å². The Labute approximate surface area is 157 Å². The number of nitrogens with zero attached hydrogens (tertiary/aromatic N) is 1. The Bertz CT molecular complexity index is 668. The van der Waals surface area contributed by atoms with Crippen LogP contribution in [0.15, 0.2) is 24.3 Å². The molecule has 5 nitrogen and oxygen atoms in total. The number of likely N-dealkylation sites (tertiary alicyclic amines) is 1. The first-order chi connectivity index (χ1) is 12.6. The summed E-state index contributed by atoms with van der Waals surface area (Å²) in [5.74, 6) is -0.168. The highest BCUT2D eigenvalue weighted by atomic mass is 19.4. The molecule has 1 fully saturated rings. The third-order valence-corrected chi connectivity index (χ3v) is 4.96. The Morgan fingerprint density at radius 3 is 2.44 bits per heavy atom. The lowest BCUT2D eigenvalue weighted by Crippen LogP contribution is -2.49. The van der Waals surface area contributed by atoms with E-state index in [1.165, 1.54) is 12.1 Å². The topological polar surface area (TPSA) is 75.4 Å². The number of nitrogens with one attached hydrogen (secondary N) is 1. The molecule has 0 radical (unpaired) electrons. The Hall–Kier alpha value is -2.09. The van der Waals surface area contributed by atoms with Crippen LogP contribution in [0, 0.1) is 5.92 Å². The molecule has 1 aliphatic heterocycles. The summed E-state index contributed by atoms with van der Waals surface area (Å²) in [5.41, 5.74) is 5.19. The molecule has 150 valence electrons. The normalized spacial score (nSPS) is 18.1. The maximum Gasteiger partial charge on any atom is 0.416 e. The number of benzene rings is 1. The molecule has 0 bridgehead atoms. The molecule has 1 saturated heterocycles. The van der Waals surface area contributed by atoms with E-state index in [9.17, 15) is 22.8 Å². The summed E-state index contributed by atoms with van der Waals surface area (Å²) >= 11 is 0. The van der Waals surface area contributed by atoms with E-state index in [0.717, 1.165) is 25.0 Å². The monoisotopic (exact) mass is 385 g/mol. The molecule has 3 N–H and O–H groups in total. The minimum Gasteiger partial charge on any atom is -0.353 e. The summed E-state index contributed by atoms with van der Waals surface area (Å²) in [4.78, 5) is 25.9. The van der Waals surface area contributed by atoms with Gasteiger partial charge < -0.3 is 16.0 Å². The van der Waals surface area contributed by atoms with Crippen LogP contribution in [0.5, 0.6) is 0 Å². The Morgan fingerprint density at radius 1 is 1.26 bits per heavy atom. The molecular weight excluding hydrogens is 359 g/mol. The average Bonchev–Trinajstić information content (AvgIpc) is 2.60. The van der Waals surface area contributed by atoms with E-state index < -0.39 is 17.8 Å². The van der Waals surface area contributed by atoms with Gasteiger partial charge in [0.25, 0.3) is 0 Å². The molecule has 8 heteroatoms. The van der Waals surface area contributed by atoms with Gasteiger partial charge in [0, 0.05) is 19.1 Å². The summed E-state index contributed by atoms with van der Waals surface area (Å²) < 4.78 is 38.3. The van der Waals surface area contributed by atoms with Gasteiger partial charge in [-0.05, 0) is 44.2 Å². The summed E-state index contributed by atoms with van der Waals surface area (Å²) in [5, 5.41) is 2.87. The largest absolute Gasteiger partial charge is 0.416 e. The minimum absolute atomic E-state index is 0.0744. The zero-order chi connectivity index (χ0) is 20.2. The lowest BCUT2D eigenvalue weighted by atomic mass is 9.90. The van der Waals surface area contributed by atoms with Gasteiger partial charge in [0.15, 0.2) is 0 Å². The van der Waals surface area contributed by atoms with E-state index in [1.54, 1.807) is 11.8 Å². The standard InChI is InChI=1S/C19H26F3N3O2/c1-12(23)18(27)25-8-6-15(7-9-25)13(2)24-17(26)11-14-4-3-5-16(10-14)19(20,21)22/h3-5,10,12-13,15H,6-9,11,23H2,1-2H3,(H,24,26). The number of carbonyl (C=O) groups excluding carboxylic acids is 2. The highest BCUT2D eigenvalue weighted by Gasteiger charge is 2.31. The van der Waals surface area contributed by atoms with Gasteiger partial charge in [0.1, 0.15) is 0 Å². The van der Waals surface area contributed by atoms with Crippen molar-refractivity contribution in [3.8, 4) is 0 Å². The summed E-state index contributed by atoms with van der Waals surface area (Å²) in [6.07, 6.45) is -3.02. The molecule has 0 saturated carbocycles. The quantitative estimate of drug-likeness (QED) is 0.817. The molecule has 1 aliphatic rings. The number of rotatable bonds is 5. The van der Waals surface area contributed by atoms with Gasteiger partial charge in [0.2, 0.25) is 11.8 Å². The molecule has 27 heavy (non-hydrogen) atoms. The number of hydrogen-bond donors (Lipinski definition) is 2. The minimum atomic E-state index is -4.42. The number of halogens is 3. The van der Waals surface area contributed by atoms with Gasteiger partial charge in [0.05, 0.1) is 18.0 Å². The van der Waals surface area contributed by atoms with E-state index in [2.05, 4.69) is 5.32 Å². The summed E-state index contributed by atoms with van der Waals surface area (Å²) in [6, 6.07) is 4.17. The Morgan fingerprint density at radius 2 is 1.89 bits per heavy atom. The zero-order valence-corrected chi connectivity index (χ0v) is 15.6. The Kier molecular flexibility index (Phi) is 6.86. The van der Waals surface area contributed by atoms with Gasteiger partial charge in [-0.25, -0.2) is 0 Å². The van der Waals surface area contributed by atoms with Crippen molar-refractivity contribution in [2.24, 2.45) is 11.7 Å². The van der Waals surface area contributed by atoms with Crippen molar-refractivity contribution in [1.29, 1.82) is 0 Å². The van der Waals surface area contributed by atoms with Gasteiger partial charge >= 0.3 is 6.18 Å². The molecule has 2 amide bonds. The van der Waals surface area contributed by atoms with Gasteiger partial charge in [-0.15, -0.1) is 0 Å². The van der Waals surface area contributed by atoms with Gasteiger partial charge in [-0.2, -0.15) is 13.2 Å². The lowest BCUT2D eigenvalue weighted by molar-refractivity contribution is -0.137. The fraction of sp³-hybridized carbons (Fsp3) is 0.579. The third-order valence-electron chi connectivity index (χ3n) is 4.96. The summed E-state index contributed by atoms with van der Waals surface area (Å²) in [7, 11) is 0. The van der Waals surface area contributed by atoms with Crippen molar-refractivity contribution in [3.05, 3.63) is 35.4 Å². The average molecular weight is 385 g/mol. The van der Waals surface area contributed by atoms with E-state index in [-0.39, 0.29) is 30.2 Å². The van der Waals surface area contributed by atoms with Crippen molar-refractivity contribution >= 4 is 11.8 Å². The number of carbonyl (C=O) groups is 2. The number of alkyl halides is 3. The van der Waals surface area contributed by atoms with E-state index in [4.69, 9.17) is 5.73 Å². The first-order valence-electron chi connectivity index (χ1n) is 9.07. The second kappa shape index (κ2) is 8.73. The van der Waals surface area contributed by atoms with Crippen molar-refractivity contribution < 1.29 is 22.8 Å². The van der Waals surface area contributed by atoms with Crippen molar-refractivity contribution in [3.63, 3.8) is 0 Å². The van der Waals surface area contributed by atoms with Crippen LogP contribution in [-0.2, 0) is 22.2 Å². The first-order valence-corrected chi connectivity index (χ1v) is 9.07. The van der Waals surface area contributed by atoms with Crippen LogP contribution in [0.1, 0.15) is 37.8 Å². The smallest absolute Gasteiger partial charge is 0.353 e. The van der Waals surface area contributed by atoms with E-state index >= 15 is 0 Å². The molecule has 1 heterocycles. The molecule has 1 aromatic carbocycles. The van der Waals surface area contributed by atoms with Crippen LogP contribution in [0.3, 0.4) is 0 Å². The fourth-order valence-corrected chi connectivity index (χ4v) is 3.37. The van der Waals surface area contributed by atoms with Gasteiger partial charge in [-0.3, -0.25) is 9.59 Å². The predicted octanol–water partition coefficient (Wildman–Crippen LogP) is 2.34. The highest BCUT2D eigenvalue weighted by Crippen LogP contribution is 2.29. The second-order valence-corrected chi connectivity index (χ2v) is 7.18. The van der Waals surface area contributed by atoms with Crippen LogP contribution in [0.2, 0.25) is 0 Å². The molecule has 2 rings (SSSR count). The number of hydrogen-bond acceptors (Lipinski definition) is 3. The second-order valence-electron chi connectivity index (χ2n) is 7.18. The molecule has 2 atom stereocenters. The van der Waals surface area contributed by atoms with Crippen LogP contribution in [0.25, 0.3) is 0 Å². The number of nitrogens with two attached hydrogens (primary N) is 1. The van der Waals surface area contributed by atoms with E-state index in [0.29, 0.717) is 18.7 Å². The predicted molar refractivity (Wildman–Crippen MR) is 95.7 cm³/mol. The first kappa shape index (κ1) is 21.2. The molecule has 2 unspecified atom stereocenters. The van der Waals surface area contributed by atoms with Crippen LogP contribution < -0.4 is 11.1 Å². The SMILES string of the molecule is CC(N)C(=O)N1CCC(C(C)NC(=O)Cc2cccc(C(F)(F)F)c2)CC1. The highest BCUT2D eigenvalue weighted by molar-refractivity contribution is 5.81. The zero-order valence-electron chi connectivity index (χ0n) is 15.6. The summed E-state index contributed by atoms with van der Waals surface area (Å²) in [6.45, 7) is 4.74. The molecule has 0 aromatic heterocycles. The van der Waals surface area contributed by atoms with Gasteiger partial charge in [-0.1, -0.05) is 18.2 Å². The fourth-order valence-electron chi connectivity index (χ4n) is 3.37. The third kappa shape index (κ3) is 5.95. The molecule has 1 aromatic rings. The maximum absolute atomic E-state index is 12.8. The van der Waals surface area contributed by atoms with Crippen molar-refractivity contribution in [2.75, 3.05) is 13.1 Å². The van der Waals surface area contributed by atoms with Crippen molar-refractivity contribution in [1.82, 2.24) is 10.2 Å². The molecule has 0 spiro atoms. The van der Waals surface area contributed by atoms with Crippen LogP contribution >= 0.6 is 0 Å². The maximum atomic E-state index is 12.8. The lowest BCUT2D eigenvalue weighted by Gasteiger charge is -2.35. The number of piperidine rings is 1. The van der Waals surface area contributed by atoms with Crippen LogP contribution in [-0.4, -0.2) is 41.9 Å². The van der Waals surface area contributed by atoms with E-state index in [1.807, 2.05) is 6.92 Å². The van der Waals surface area contributed by atoms with Crippen molar-refractivity contribution in [2.45, 2.75) is 51.4 Å². The number of amides is 2. The Balaban J connectivity index is 1.85.